The molecule has 0 amide bonds. The van der Waals surface area contributed by atoms with Crippen molar-refractivity contribution in [2.24, 2.45) is 0 Å². The number of hydrogen-bond acceptors (Lipinski definition) is 2. The van der Waals surface area contributed by atoms with Gasteiger partial charge >= 0.3 is 0 Å². The summed E-state index contributed by atoms with van der Waals surface area (Å²) < 4.78 is 0. The third kappa shape index (κ3) is 2.22. The number of aromatic nitrogens is 1. The molecule has 0 radical (unpaired) electrons. The summed E-state index contributed by atoms with van der Waals surface area (Å²) in [6.45, 7) is 4.23. The van der Waals surface area contributed by atoms with Gasteiger partial charge in [-0.3, -0.25) is 0 Å². The van der Waals surface area contributed by atoms with E-state index in [0.29, 0.717) is 0 Å². The van der Waals surface area contributed by atoms with Gasteiger partial charge in [0, 0.05) is 17.5 Å². The first-order valence-electron chi connectivity index (χ1n) is 5.93. The Bertz CT molecular complexity index is 549. The Morgan fingerprint density at radius 1 is 1.35 bits per heavy atom. The number of benzene rings is 1. The van der Waals surface area contributed by atoms with Crippen LogP contribution in [-0.4, -0.2) is 12.0 Å². The quantitative estimate of drug-likeness (QED) is 0.881. The fourth-order valence-corrected chi connectivity index (χ4v) is 2.29. The Balaban J connectivity index is 2.73. The van der Waals surface area contributed by atoms with Gasteiger partial charge in [0.2, 0.25) is 0 Å². The Morgan fingerprint density at radius 2 is 2.12 bits per heavy atom. The molecule has 0 bridgehead atoms. The first-order valence-corrected chi connectivity index (χ1v) is 6.31. The lowest BCUT2D eigenvalue weighted by Gasteiger charge is -2.11. The highest BCUT2D eigenvalue weighted by Gasteiger charge is 2.09. The Kier molecular flexibility index (Phi) is 3.53. The molecule has 2 aromatic rings. The van der Waals surface area contributed by atoms with Crippen LogP contribution in [-0.2, 0) is 6.42 Å². The molecule has 1 aromatic heterocycles. The summed E-state index contributed by atoms with van der Waals surface area (Å²) in [6.07, 6.45) is 2.12. The molecule has 17 heavy (non-hydrogen) atoms. The summed E-state index contributed by atoms with van der Waals surface area (Å²) in [5.41, 5.74) is 3.38. The van der Waals surface area contributed by atoms with Crippen molar-refractivity contribution >= 4 is 28.3 Å². The predicted octanol–water partition coefficient (Wildman–Crippen LogP) is 4.19. The molecule has 1 heterocycles. The van der Waals surface area contributed by atoms with Gasteiger partial charge in [-0.25, -0.2) is 4.98 Å². The third-order valence-corrected chi connectivity index (χ3v) is 3.30. The molecule has 1 aromatic carbocycles. The first-order chi connectivity index (χ1) is 8.17. The fourth-order valence-electron chi connectivity index (χ4n) is 2.08. The van der Waals surface area contributed by atoms with Gasteiger partial charge in [-0.2, -0.15) is 0 Å². The SMILES string of the molecule is CCCc1cc2c(Cl)ccc(C)c2nc1NC. The molecule has 0 spiro atoms. The van der Waals surface area contributed by atoms with E-state index in [1.165, 1.54) is 5.56 Å². The summed E-state index contributed by atoms with van der Waals surface area (Å²) in [6, 6.07) is 6.11. The van der Waals surface area contributed by atoms with E-state index in [-0.39, 0.29) is 0 Å². The highest BCUT2D eigenvalue weighted by atomic mass is 35.5. The van der Waals surface area contributed by atoms with Gasteiger partial charge in [0.15, 0.2) is 0 Å². The molecule has 0 aliphatic carbocycles. The molecule has 3 heteroatoms. The van der Waals surface area contributed by atoms with Gasteiger partial charge in [-0.1, -0.05) is 31.0 Å². The molecular formula is C14H17ClN2. The smallest absolute Gasteiger partial charge is 0.129 e. The number of hydrogen-bond donors (Lipinski definition) is 1. The van der Waals surface area contributed by atoms with E-state index < -0.39 is 0 Å². The molecule has 0 saturated carbocycles. The normalized spacial score (nSPS) is 10.8. The second-order valence-corrected chi connectivity index (χ2v) is 4.66. The molecular weight excluding hydrogens is 232 g/mol. The number of nitrogens with one attached hydrogen (secondary N) is 1. The minimum atomic E-state index is 0.776. The van der Waals surface area contributed by atoms with Gasteiger partial charge in [-0.05, 0) is 36.6 Å². The Morgan fingerprint density at radius 3 is 2.76 bits per heavy atom. The number of pyridine rings is 1. The van der Waals surface area contributed by atoms with Crippen molar-refractivity contribution in [3.63, 3.8) is 0 Å². The lowest BCUT2D eigenvalue weighted by molar-refractivity contribution is 0.918. The summed E-state index contributed by atoms with van der Waals surface area (Å²) >= 11 is 6.24. The van der Waals surface area contributed by atoms with E-state index in [4.69, 9.17) is 11.6 Å². The fraction of sp³-hybridized carbons (Fsp3) is 0.357. The summed E-state index contributed by atoms with van der Waals surface area (Å²) in [7, 11) is 1.91. The minimum absolute atomic E-state index is 0.776. The third-order valence-electron chi connectivity index (χ3n) is 2.97. The number of anilines is 1. The van der Waals surface area contributed by atoms with Gasteiger partial charge in [0.05, 0.1) is 5.52 Å². The van der Waals surface area contributed by atoms with E-state index in [1.807, 2.05) is 19.2 Å². The Labute approximate surface area is 107 Å². The number of fused-ring (bicyclic) bond motifs is 1. The number of rotatable bonds is 3. The highest BCUT2D eigenvalue weighted by molar-refractivity contribution is 6.35. The monoisotopic (exact) mass is 248 g/mol. The molecule has 2 rings (SSSR count). The van der Waals surface area contributed by atoms with Crippen LogP contribution in [0.2, 0.25) is 5.02 Å². The molecule has 0 atom stereocenters. The zero-order chi connectivity index (χ0) is 12.4. The number of aryl methyl sites for hydroxylation is 2. The zero-order valence-corrected chi connectivity index (χ0v) is 11.2. The summed E-state index contributed by atoms with van der Waals surface area (Å²) in [5.74, 6) is 0.963. The molecule has 90 valence electrons. The topological polar surface area (TPSA) is 24.9 Å². The largest absolute Gasteiger partial charge is 0.373 e. The standard InChI is InChI=1S/C14H17ClN2/c1-4-5-10-8-11-12(15)7-6-9(2)13(11)17-14(10)16-3/h6-8H,4-5H2,1-3H3,(H,16,17). The van der Waals surface area contributed by atoms with Crippen LogP contribution in [0.25, 0.3) is 10.9 Å². The van der Waals surface area contributed by atoms with E-state index >= 15 is 0 Å². The van der Waals surface area contributed by atoms with Crippen molar-refractivity contribution in [3.8, 4) is 0 Å². The molecule has 1 N–H and O–H groups in total. The van der Waals surface area contributed by atoms with Crippen LogP contribution < -0.4 is 5.32 Å². The van der Waals surface area contributed by atoms with E-state index in [2.05, 4.69) is 30.2 Å². The average molecular weight is 249 g/mol. The second-order valence-electron chi connectivity index (χ2n) is 4.26. The zero-order valence-electron chi connectivity index (χ0n) is 10.5. The van der Waals surface area contributed by atoms with Gasteiger partial charge in [0.25, 0.3) is 0 Å². The van der Waals surface area contributed by atoms with Crippen LogP contribution in [0.4, 0.5) is 5.82 Å². The van der Waals surface area contributed by atoms with Crippen LogP contribution in [0.1, 0.15) is 24.5 Å². The predicted molar refractivity (Wildman–Crippen MR) is 75.0 cm³/mol. The molecule has 0 aliphatic heterocycles. The lowest BCUT2D eigenvalue weighted by Crippen LogP contribution is -2.00. The van der Waals surface area contributed by atoms with Crippen molar-refractivity contribution in [2.75, 3.05) is 12.4 Å². The molecule has 0 aliphatic rings. The Hall–Kier alpha value is -1.28. The van der Waals surface area contributed by atoms with Gasteiger partial charge < -0.3 is 5.32 Å². The van der Waals surface area contributed by atoms with E-state index in [0.717, 1.165) is 40.1 Å². The molecule has 0 saturated heterocycles. The number of nitrogens with zero attached hydrogens (tertiary/aromatic N) is 1. The molecule has 0 unspecified atom stereocenters. The van der Waals surface area contributed by atoms with Crippen LogP contribution in [0, 0.1) is 6.92 Å². The number of halogens is 1. The van der Waals surface area contributed by atoms with Crippen molar-refractivity contribution in [1.29, 1.82) is 0 Å². The maximum absolute atomic E-state index is 6.24. The highest BCUT2D eigenvalue weighted by Crippen LogP contribution is 2.29. The van der Waals surface area contributed by atoms with Crippen LogP contribution >= 0.6 is 11.6 Å². The van der Waals surface area contributed by atoms with E-state index in [1.54, 1.807) is 0 Å². The molecule has 2 nitrogen and oxygen atoms in total. The molecule has 0 fully saturated rings. The van der Waals surface area contributed by atoms with Gasteiger partial charge in [0.1, 0.15) is 5.82 Å². The lowest BCUT2D eigenvalue weighted by atomic mass is 10.1. The second kappa shape index (κ2) is 4.92. The van der Waals surface area contributed by atoms with Crippen molar-refractivity contribution in [3.05, 3.63) is 34.3 Å². The average Bonchev–Trinajstić information content (AvgIpc) is 2.34. The minimum Gasteiger partial charge on any atom is -0.373 e. The van der Waals surface area contributed by atoms with E-state index in [9.17, 15) is 0 Å². The summed E-state index contributed by atoms with van der Waals surface area (Å²) in [4.78, 5) is 4.68. The maximum atomic E-state index is 6.24. The summed E-state index contributed by atoms with van der Waals surface area (Å²) in [5, 5.41) is 4.99. The van der Waals surface area contributed by atoms with Crippen LogP contribution in [0.5, 0.6) is 0 Å². The van der Waals surface area contributed by atoms with Crippen LogP contribution in [0.15, 0.2) is 18.2 Å². The van der Waals surface area contributed by atoms with Crippen LogP contribution in [0.3, 0.4) is 0 Å². The van der Waals surface area contributed by atoms with Gasteiger partial charge in [-0.15, -0.1) is 0 Å². The van der Waals surface area contributed by atoms with Crippen molar-refractivity contribution in [2.45, 2.75) is 26.7 Å². The maximum Gasteiger partial charge on any atom is 0.129 e. The first kappa shape index (κ1) is 12.2. The van der Waals surface area contributed by atoms with Crippen molar-refractivity contribution in [1.82, 2.24) is 4.98 Å². The van der Waals surface area contributed by atoms with Crippen molar-refractivity contribution < 1.29 is 0 Å².